The fourth-order valence-electron chi connectivity index (χ4n) is 3.29. The van der Waals surface area contributed by atoms with E-state index in [0.29, 0.717) is 27.6 Å². The van der Waals surface area contributed by atoms with E-state index in [1.54, 1.807) is 30.6 Å². The number of carbonyl (C=O) groups is 1. The largest absolute Gasteiger partial charge is 0.353 e. The molecule has 0 radical (unpaired) electrons. The Morgan fingerprint density at radius 1 is 1.38 bits per heavy atom. The summed E-state index contributed by atoms with van der Waals surface area (Å²) in [6, 6.07) is 12.3. The lowest BCUT2D eigenvalue weighted by Crippen LogP contribution is -2.27. The molecule has 1 aromatic heterocycles. The third kappa shape index (κ3) is 4.36. The van der Waals surface area contributed by atoms with Gasteiger partial charge in [-0.15, -0.1) is 11.8 Å². The molecule has 7 nitrogen and oxygen atoms in total. The van der Waals surface area contributed by atoms with Gasteiger partial charge in [0.2, 0.25) is 0 Å². The first-order valence-corrected chi connectivity index (χ1v) is 9.80. The number of aromatic nitrogens is 1. The summed E-state index contributed by atoms with van der Waals surface area (Å²) in [5.41, 5.74) is 3.22. The fraction of sp³-hybridized carbons (Fsp3) is 0.190. The Morgan fingerprint density at radius 2 is 2.17 bits per heavy atom. The maximum atomic E-state index is 12.3. The molecule has 2 heterocycles. The number of thioether (sulfide) groups is 1. The van der Waals surface area contributed by atoms with Gasteiger partial charge < -0.3 is 5.32 Å². The van der Waals surface area contributed by atoms with Crippen LogP contribution in [0.1, 0.15) is 30.9 Å². The number of hydrogen-bond acceptors (Lipinski definition) is 7. The SMILES string of the molecule is CC(=O)C1=C(C)NC(SCc2cccc([N+](=O)[O-])c2)=C(C#N)C1c1cccnc1. The van der Waals surface area contributed by atoms with E-state index in [1.807, 2.05) is 13.0 Å². The molecule has 8 heteroatoms. The topological polar surface area (TPSA) is 109 Å². The Kier molecular flexibility index (Phi) is 6.10. The number of nitriles is 1. The summed E-state index contributed by atoms with van der Waals surface area (Å²) in [5.74, 6) is -0.170. The van der Waals surface area contributed by atoms with Gasteiger partial charge in [0.1, 0.15) is 0 Å². The lowest BCUT2D eigenvalue weighted by Gasteiger charge is -2.29. The highest BCUT2D eigenvalue weighted by Gasteiger charge is 2.33. The van der Waals surface area contributed by atoms with Gasteiger partial charge in [-0.3, -0.25) is 19.9 Å². The summed E-state index contributed by atoms with van der Waals surface area (Å²) >= 11 is 1.38. The van der Waals surface area contributed by atoms with Crippen molar-refractivity contribution >= 4 is 23.2 Å². The maximum absolute atomic E-state index is 12.3. The van der Waals surface area contributed by atoms with Crippen LogP contribution >= 0.6 is 11.8 Å². The van der Waals surface area contributed by atoms with Gasteiger partial charge in [-0.05, 0) is 31.0 Å². The van der Waals surface area contributed by atoms with Crippen LogP contribution in [0.5, 0.6) is 0 Å². The average molecular weight is 406 g/mol. The van der Waals surface area contributed by atoms with Crippen LogP contribution in [0.25, 0.3) is 0 Å². The second-order valence-corrected chi connectivity index (χ2v) is 7.50. The van der Waals surface area contributed by atoms with E-state index in [2.05, 4.69) is 16.4 Å². The van der Waals surface area contributed by atoms with Crippen molar-refractivity contribution in [1.29, 1.82) is 5.26 Å². The van der Waals surface area contributed by atoms with Gasteiger partial charge in [0, 0.05) is 41.5 Å². The van der Waals surface area contributed by atoms with E-state index in [0.717, 1.165) is 11.1 Å². The standard InChI is InChI=1S/C21H18N4O3S/c1-13-19(14(2)26)20(16-6-4-8-23-11-16)18(10-22)21(24-13)29-12-15-5-3-7-17(9-15)25(27)28/h3-9,11,20,24H,12H2,1-2H3. The van der Waals surface area contributed by atoms with Gasteiger partial charge in [0.05, 0.1) is 27.5 Å². The first-order chi connectivity index (χ1) is 13.9. The van der Waals surface area contributed by atoms with Crippen molar-refractivity contribution < 1.29 is 9.72 Å². The van der Waals surface area contributed by atoms with E-state index in [-0.39, 0.29) is 11.5 Å². The van der Waals surface area contributed by atoms with Gasteiger partial charge in [-0.2, -0.15) is 5.26 Å². The van der Waals surface area contributed by atoms with Gasteiger partial charge in [0.15, 0.2) is 5.78 Å². The number of benzene rings is 1. The lowest BCUT2D eigenvalue weighted by atomic mass is 9.81. The molecule has 0 saturated carbocycles. The quantitative estimate of drug-likeness (QED) is 0.565. The molecule has 146 valence electrons. The predicted octanol–water partition coefficient (Wildman–Crippen LogP) is 4.21. The van der Waals surface area contributed by atoms with Gasteiger partial charge in [-0.25, -0.2) is 0 Å². The second kappa shape index (κ2) is 8.71. The lowest BCUT2D eigenvalue weighted by molar-refractivity contribution is -0.384. The number of nitrogens with one attached hydrogen (secondary N) is 1. The molecule has 2 aromatic rings. The molecule has 1 atom stereocenters. The van der Waals surface area contributed by atoms with Crippen LogP contribution in [0, 0.1) is 21.4 Å². The monoisotopic (exact) mass is 406 g/mol. The van der Waals surface area contributed by atoms with Crippen LogP contribution in [0.3, 0.4) is 0 Å². The molecule has 1 unspecified atom stereocenters. The zero-order valence-electron chi connectivity index (χ0n) is 15.9. The molecule has 0 bridgehead atoms. The molecular formula is C21H18N4O3S. The molecular weight excluding hydrogens is 388 g/mol. The molecule has 0 fully saturated rings. The van der Waals surface area contributed by atoms with Crippen LogP contribution in [0.15, 0.2) is 70.7 Å². The minimum absolute atomic E-state index is 0.0253. The highest BCUT2D eigenvalue weighted by atomic mass is 32.2. The van der Waals surface area contributed by atoms with Crippen molar-refractivity contribution in [3.05, 3.63) is 91.9 Å². The van der Waals surface area contributed by atoms with Gasteiger partial charge >= 0.3 is 0 Å². The summed E-state index contributed by atoms with van der Waals surface area (Å²) in [7, 11) is 0. The molecule has 0 aliphatic carbocycles. The van der Waals surface area contributed by atoms with E-state index in [9.17, 15) is 20.2 Å². The minimum atomic E-state index is -0.500. The normalized spacial score (nSPS) is 16.2. The highest BCUT2D eigenvalue weighted by molar-refractivity contribution is 8.02. The first kappa shape index (κ1) is 20.3. The summed E-state index contributed by atoms with van der Waals surface area (Å²) in [4.78, 5) is 27.0. The summed E-state index contributed by atoms with van der Waals surface area (Å²) in [5, 5.41) is 24.7. The third-order valence-electron chi connectivity index (χ3n) is 4.55. The Bertz CT molecular complexity index is 1070. The molecule has 1 aromatic carbocycles. The number of ketones is 1. The summed E-state index contributed by atoms with van der Waals surface area (Å²) in [6.45, 7) is 3.29. The van der Waals surface area contributed by atoms with E-state index >= 15 is 0 Å². The van der Waals surface area contributed by atoms with Crippen molar-refractivity contribution in [2.45, 2.75) is 25.5 Å². The van der Waals surface area contributed by atoms with Crippen molar-refractivity contribution in [1.82, 2.24) is 10.3 Å². The fourth-order valence-corrected chi connectivity index (χ4v) is 4.32. The predicted molar refractivity (Wildman–Crippen MR) is 111 cm³/mol. The van der Waals surface area contributed by atoms with E-state index in [4.69, 9.17) is 0 Å². The Hall–Kier alpha value is -3.44. The van der Waals surface area contributed by atoms with Crippen molar-refractivity contribution in [2.24, 2.45) is 0 Å². The molecule has 0 spiro atoms. The average Bonchev–Trinajstić information content (AvgIpc) is 2.72. The number of carbonyl (C=O) groups excluding carboxylic acids is 1. The van der Waals surface area contributed by atoms with Crippen molar-refractivity contribution in [3.63, 3.8) is 0 Å². The van der Waals surface area contributed by atoms with Gasteiger partial charge in [0.25, 0.3) is 5.69 Å². The molecule has 29 heavy (non-hydrogen) atoms. The van der Waals surface area contributed by atoms with Crippen molar-refractivity contribution in [3.8, 4) is 6.07 Å². The van der Waals surface area contributed by atoms with Crippen LogP contribution in [-0.4, -0.2) is 15.7 Å². The first-order valence-electron chi connectivity index (χ1n) is 8.81. The zero-order chi connectivity index (χ0) is 21.0. The number of non-ortho nitro benzene ring substituents is 1. The molecule has 3 rings (SSSR count). The van der Waals surface area contributed by atoms with Crippen molar-refractivity contribution in [2.75, 3.05) is 0 Å². The van der Waals surface area contributed by atoms with E-state index < -0.39 is 10.8 Å². The van der Waals surface area contributed by atoms with Crippen LogP contribution in [0.4, 0.5) is 5.69 Å². The number of nitrogens with zero attached hydrogens (tertiary/aromatic N) is 3. The maximum Gasteiger partial charge on any atom is 0.269 e. The molecule has 1 aliphatic rings. The number of hydrogen-bond donors (Lipinski definition) is 1. The van der Waals surface area contributed by atoms with Gasteiger partial charge in [-0.1, -0.05) is 18.2 Å². The second-order valence-electron chi connectivity index (χ2n) is 6.51. The van der Waals surface area contributed by atoms with Crippen LogP contribution in [-0.2, 0) is 10.5 Å². The molecule has 0 amide bonds. The Morgan fingerprint density at radius 3 is 2.79 bits per heavy atom. The zero-order valence-corrected chi connectivity index (χ0v) is 16.7. The third-order valence-corrected chi connectivity index (χ3v) is 5.64. The number of nitro benzene ring substituents is 1. The number of dihydropyridines is 1. The van der Waals surface area contributed by atoms with Crippen LogP contribution in [0.2, 0.25) is 0 Å². The highest BCUT2D eigenvalue weighted by Crippen LogP contribution is 2.41. The molecule has 1 aliphatic heterocycles. The Balaban J connectivity index is 1.97. The minimum Gasteiger partial charge on any atom is -0.353 e. The number of nitro groups is 1. The van der Waals surface area contributed by atoms with Crippen LogP contribution < -0.4 is 5.32 Å². The summed E-state index contributed by atoms with van der Waals surface area (Å²) < 4.78 is 0. The Labute approximate surface area is 172 Å². The molecule has 1 N–H and O–H groups in total. The number of Topliss-reactive ketones (excluding diaryl/α,β-unsaturated/α-hetero) is 1. The number of pyridine rings is 1. The summed E-state index contributed by atoms with van der Waals surface area (Å²) in [6.07, 6.45) is 3.30. The molecule has 0 saturated heterocycles. The van der Waals surface area contributed by atoms with E-state index in [1.165, 1.54) is 30.8 Å². The number of allylic oxidation sites excluding steroid dienone is 3. The number of rotatable bonds is 6. The smallest absolute Gasteiger partial charge is 0.269 e.